The van der Waals surface area contributed by atoms with Gasteiger partial charge in [-0.05, 0) is 18.8 Å². The Morgan fingerprint density at radius 3 is 1.91 bits per heavy atom. The SMILES string of the molecule is CCC(C)C(N)C(=O)NC(CC(=O)O)C(=O)NC(CCCN=C(N)N)C(=O)NC(CO)C(=O)O. The minimum absolute atomic E-state index is 0.0633. The van der Waals surface area contributed by atoms with Crippen LogP contribution in [0.5, 0.6) is 0 Å². The van der Waals surface area contributed by atoms with Gasteiger partial charge >= 0.3 is 11.9 Å². The zero-order valence-corrected chi connectivity index (χ0v) is 19.2. The van der Waals surface area contributed by atoms with Crippen molar-refractivity contribution in [2.24, 2.45) is 28.1 Å². The molecule has 0 spiro atoms. The van der Waals surface area contributed by atoms with Gasteiger partial charge in [0.2, 0.25) is 17.7 Å². The smallest absolute Gasteiger partial charge is 0.328 e. The van der Waals surface area contributed by atoms with Crippen molar-refractivity contribution in [3.63, 3.8) is 0 Å². The molecule has 0 aromatic heterocycles. The minimum atomic E-state index is -1.63. The van der Waals surface area contributed by atoms with E-state index in [2.05, 4.69) is 20.9 Å². The summed E-state index contributed by atoms with van der Waals surface area (Å²) in [4.78, 5) is 63.8. The van der Waals surface area contributed by atoms with Gasteiger partial charge in [0, 0.05) is 6.54 Å². The number of aliphatic imine (C=N–C) groups is 1. The Morgan fingerprint density at radius 2 is 1.44 bits per heavy atom. The van der Waals surface area contributed by atoms with Crippen molar-refractivity contribution in [2.45, 2.75) is 63.7 Å². The molecule has 34 heavy (non-hydrogen) atoms. The zero-order chi connectivity index (χ0) is 26.4. The number of guanidine groups is 1. The first kappa shape index (κ1) is 30.5. The summed E-state index contributed by atoms with van der Waals surface area (Å²) in [5.74, 6) is -6.02. The summed E-state index contributed by atoms with van der Waals surface area (Å²) in [6.07, 6.45) is -0.103. The highest BCUT2D eigenvalue weighted by molar-refractivity contribution is 5.95. The molecule has 12 N–H and O–H groups in total. The Hall–Kier alpha value is -3.46. The van der Waals surface area contributed by atoms with Crippen LogP contribution in [-0.4, -0.2) is 88.3 Å². The number of aliphatic carboxylic acids is 2. The van der Waals surface area contributed by atoms with E-state index in [1.807, 2.05) is 6.92 Å². The first-order chi connectivity index (χ1) is 15.8. The van der Waals surface area contributed by atoms with Crippen molar-refractivity contribution in [2.75, 3.05) is 13.2 Å². The van der Waals surface area contributed by atoms with Crippen LogP contribution < -0.4 is 33.2 Å². The Balaban J connectivity index is 5.58. The lowest BCUT2D eigenvalue weighted by Gasteiger charge is -2.25. The molecule has 15 heteroatoms. The topological polar surface area (TPSA) is 273 Å². The first-order valence-electron chi connectivity index (χ1n) is 10.6. The molecule has 0 saturated heterocycles. The van der Waals surface area contributed by atoms with Crippen LogP contribution in [0.25, 0.3) is 0 Å². The van der Waals surface area contributed by atoms with Gasteiger partial charge in [0.15, 0.2) is 5.96 Å². The molecule has 0 aliphatic carbocycles. The third-order valence-corrected chi connectivity index (χ3v) is 4.95. The lowest BCUT2D eigenvalue weighted by molar-refractivity contribution is -0.144. The molecule has 5 unspecified atom stereocenters. The second kappa shape index (κ2) is 15.4. The van der Waals surface area contributed by atoms with Crippen LogP contribution in [0.4, 0.5) is 0 Å². The summed E-state index contributed by atoms with van der Waals surface area (Å²) in [5, 5.41) is 34.0. The van der Waals surface area contributed by atoms with E-state index < -0.39 is 66.9 Å². The van der Waals surface area contributed by atoms with E-state index >= 15 is 0 Å². The van der Waals surface area contributed by atoms with Gasteiger partial charge in [0.1, 0.15) is 18.1 Å². The van der Waals surface area contributed by atoms with Crippen molar-refractivity contribution < 1.29 is 39.3 Å². The zero-order valence-electron chi connectivity index (χ0n) is 19.2. The second-order valence-corrected chi connectivity index (χ2v) is 7.66. The molecule has 0 heterocycles. The minimum Gasteiger partial charge on any atom is -0.481 e. The molecular formula is C19H35N7O8. The summed E-state index contributed by atoms with van der Waals surface area (Å²) >= 11 is 0. The predicted molar refractivity (Wildman–Crippen MR) is 120 cm³/mol. The number of nitrogens with one attached hydrogen (secondary N) is 3. The number of carboxylic acid groups (broad SMARTS) is 2. The standard InChI is InChI=1S/C19H35N7O8/c1-3-9(2)14(20)17(32)25-11(7-13(28)29)16(31)24-10(5-4-6-23-19(21)22)15(30)26-12(8-27)18(33)34/h9-12,14,27H,3-8,20H2,1-2H3,(H,24,31)(H,25,32)(H,26,30)(H,28,29)(H,33,34)(H4,21,22,23). The quantitative estimate of drug-likeness (QED) is 0.0580. The molecule has 0 aliphatic heterocycles. The molecular weight excluding hydrogens is 454 g/mol. The molecule has 0 aromatic rings. The maximum absolute atomic E-state index is 12.8. The van der Waals surface area contributed by atoms with Crippen LogP contribution >= 0.6 is 0 Å². The van der Waals surface area contributed by atoms with Gasteiger partial charge in [-0.3, -0.25) is 24.2 Å². The van der Waals surface area contributed by atoms with Gasteiger partial charge in [-0.1, -0.05) is 20.3 Å². The van der Waals surface area contributed by atoms with E-state index in [9.17, 15) is 24.0 Å². The normalized spacial score (nSPS) is 15.1. The molecule has 0 bridgehead atoms. The van der Waals surface area contributed by atoms with Crippen LogP contribution in [-0.2, 0) is 24.0 Å². The lowest BCUT2D eigenvalue weighted by Crippen LogP contribution is -2.58. The molecule has 15 nitrogen and oxygen atoms in total. The number of hydrogen-bond acceptors (Lipinski definition) is 8. The monoisotopic (exact) mass is 489 g/mol. The Bertz CT molecular complexity index is 757. The Kier molecular flexibility index (Phi) is 13.8. The molecule has 3 amide bonds. The van der Waals surface area contributed by atoms with E-state index in [-0.39, 0.29) is 31.3 Å². The Morgan fingerprint density at radius 1 is 0.912 bits per heavy atom. The van der Waals surface area contributed by atoms with Crippen LogP contribution in [0.1, 0.15) is 39.5 Å². The van der Waals surface area contributed by atoms with E-state index in [4.69, 9.17) is 32.5 Å². The van der Waals surface area contributed by atoms with E-state index in [1.165, 1.54) is 0 Å². The van der Waals surface area contributed by atoms with Crippen LogP contribution in [0.15, 0.2) is 4.99 Å². The van der Waals surface area contributed by atoms with Gasteiger partial charge in [0.05, 0.1) is 19.1 Å². The fourth-order valence-electron chi connectivity index (χ4n) is 2.67. The number of nitrogens with zero attached hydrogens (tertiary/aromatic N) is 1. The van der Waals surface area contributed by atoms with Crippen molar-refractivity contribution in [3.8, 4) is 0 Å². The van der Waals surface area contributed by atoms with Gasteiger partial charge in [-0.2, -0.15) is 0 Å². The number of carbonyl (C=O) groups is 5. The lowest BCUT2D eigenvalue weighted by atomic mass is 9.99. The number of nitrogens with two attached hydrogens (primary N) is 3. The van der Waals surface area contributed by atoms with Gasteiger partial charge in [-0.15, -0.1) is 0 Å². The number of hydrogen-bond donors (Lipinski definition) is 9. The average Bonchev–Trinajstić information content (AvgIpc) is 2.76. The molecule has 0 saturated carbocycles. The number of amides is 3. The van der Waals surface area contributed by atoms with Crippen LogP contribution in [0, 0.1) is 5.92 Å². The number of carboxylic acids is 2. The molecule has 0 aliphatic rings. The highest BCUT2D eigenvalue weighted by Crippen LogP contribution is 2.07. The van der Waals surface area contributed by atoms with Crippen LogP contribution in [0.2, 0.25) is 0 Å². The third kappa shape index (κ3) is 11.4. The van der Waals surface area contributed by atoms with Crippen molar-refractivity contribution in [1.29, 1.82) is 0 Å². The fraction of sp³-hybridized carbons (Fsp3) is 0.684. The van der Waals surface area contributed by atoms with E-state index in [0.29, 0.717) is 6.42 Å². The molecule has 0 aromatic carbocycles. The number of carbonyl (C=O) groups excluding carboxylic acids is 3. The molecule has 5 atom stereocenters. The van der Waals surface area contributed by atoms with Crippen molar-refractivity contribution >= 4 is 35.6 Å². The Labute approximate surface area is 196 Å². The highest BCUT2D eigenvalue weighted by Gasteiger charge is 2.31. The summed E-state index contributed by atoms with van der Waals surface area (Å²) in [5.41, 5.74) is 16.3. The predicted octanol–water partition coefficient (Wildman–Crippen LogP) is -3.58. The van der Waals surface area contributed by atoms with E-state index in [0.717, 1.165) is 0 Å². The summed E-state index contributed by atoms with van der Waals surface area (Å²) in [7, 11) is 0. The maximum Gasteiger partial charge on any atom is 0.328 e. The fourth-order valence-corrected chi connectivity index (χ4v) is 2.67. The summed E-state index contributed by atoms with van der Waals surface area (Å²) in [6.45, 7) is 2.71. The van der Waals surface area contributed by atoms with Gasteiger partial charge < -0.3 is 48.5 Å². The third-order valence-electron chi connectivity index (χ3n) is 4.95. The van der Waals surface area contributed by atoms with Crippen molar-refractivity contribution in [1.82, 2.24) is 16.0 Å². The van der Waals surface area contributed by atoms with Gasteiger partial charge in [0.25, 0.3) is 0 Å². The largest absolute Gasteiger partial charge is 0.481 e. The summed E-state index contributed by atoms with van der Waals surface area (Å²) in [6, 6.07) is -5.52. The van der Waals surface area contributed by atoms with Crippen molar-refractivity contribution in [3.05, 3.63) is 0 Å². The molecule has 0 rings (SSSR count). The summed E-state index contributed by atoms with van der Waals surface area (Å²) < 4.78 is 0. The first-order valence-corrected chi connectivity index (χ1v) is 10.6. The molecule has 194 valence electrons. The van der Waals surface area contributed by atoms with Gasteiger partial charge in [-0.25, -0.2) is 4.79 Å². The molecule has 0 radical (unpaired) electrons. The highest BCUT2D eigenvalue weighted by atomic mass is 16.4. The van der Waals surface area contributed by atoms with E-state index in [1.54, 1.807) is 6.92 Å². The second-order valence-electron chi connectivity index (χ2n) is 7.66. The average molecular weight is 490 g/mol. The number of aliphatic hydroxyl groups is 1. The van der Waals surface area contributed by atoms with Crippen LogP contribution in [0.3, 0.4) is 0 Å². The molecule has 0 fully saturated rings. The number of aliphatic hydroxyl groups excluding tert-OH is 1. The maximum atomic E-state index is 12.8. The number of rotatable bonds is 16.